The Bertz CT molecular complexity index is 934. The van der Waals surface area contributed by atoms with E-state index in [4.69, 9.17) is 4.74 Å². The molecule has 0 bridgehead atoms. The normalized spacial score (nSPS) is 11.7. The van der Waals surface area contributed by atoms with Crippen LogP contribution in [0.2, 0.25) is 0 Å². The van der Waals surface area contributed by atoms with Gasteiger partial charge in [-0.05, 0) is 54.2 Å². The molecule has 3 aromatic rings. The zero-order valence-electron chi connectivity index (χ0n) is 16.7. The summed E-state index contributed by atoms with van der Waals surface area (Å²) in [5.41, 5.74) is 5.61. The second kappa shape index (κ2) is 9.23. The lowest BCUT2D eigenvalue weighted by molar-refractivity contribution is -0.121. The smallest absolute Gasteiger partial charge is 0.221 e. The van der Waals surface area contributed by atoms with Crippen molar-refractivity contribution in [1.82, 2.24) is 5.32 Å². The molecule has 28 heavy (non-hydrogen) atoms. The van der Waals surface area contributed by atoms with E-state index < -0.39 is 0 Å². The van der Waals surface area contributed by atoms with E-state index in [9.17, 15) is 4.79 Å². The number of ether oxygens (including phenoxy) is 1. The van der Waals surface area contributed by atoms with Gasteiger partial charge < -0.3 is 10.1 Å². The third kappa shape index (κ3) is 4.80. The first-order valence-corrected chi connectivity index (χ1v) is 9.62. The van der Waals surface area contributed by atoms with Crippen molar-refractivity contribution >= 4 is 5.91 Å². The molecule has 0 aliphatic carbocycles. The van der Waals surface area contributed by atoms with Crippen molar-refractivity contribution in [3.05, 3.63) is 101 Å². The predicted octanol–water partition coefficient (Wildman–Crippen LogP) is 5.15. The Hall–Kier alpha value is -3.07. The maximum atomic E-state index is 12.8. The first kappa shape index (κ1) is 19.7. The fourth-order valence-corrected chi connectivity index (χ4v) is 3.48. The molecule has 0 aliphatic heterocycles. The van der Waals surface area contributed by atoms with Crippen LogP contribution in [0.4, 0.5) is 0 Å². The molecule has 0 saturated carbocycles. The molecule has 0 saturated heterocycles. The first-order chi connectivity index (χ1) is 13.6. The van der Waals surface area contributed by atoms with E-state index in [1.807, 2.05) is 49.4 Å². The number of benzene rings is 3. The summed E-state index contributed by atoms with van der Waals surface area (Å²) in [4.78, 5) is 12.8. The molecule has 0 aliphatic rings. The molecule has 3 rings (SSSR count). The maximum absolute atomic E-state index is 12.8. The average Bonchev–Trinajstić information content (AvgIpc) is 2.72. The lowest BCUT2D eigenvalue weighted by atomic mass is 9.94. The first-order valence-electron chi connectivity index (χ1n) is 9.62. The van der Waals surface area contributed by atoms with Gasteiger partial charge in [0.05, 0.1) is 13.2 Å². The molecule has 1 atom stereocenters. The van der Waals surface area contributed by atoms with Crippen molar-refractivity contribution in [2.24, 2.45) is 0 Å². The van der Waals surface area contributed by atoms with Gasteiger partial charge >= 0.3 is 0 Å². The Morgan fingerprint density at radius 2 is 1.64 bits per heavy atom. The number of carbonyl (C=O) groups excluding carboxylic acids is 1. The molecule has 0 unspecified atom stereocenters. The largest absolute Gasteiger partial charge is 0.496 e. The van der Waals surface area contributed by atoms with E-state index in [0.717, 1.165) is 28.0 Å². The van der Waals surface area contributed by atoms with Crippen LogP contribution < -0.4 is 10.1 Å². The monoisotopic (exact) mass is 373 g/mol. The minimum Gasteiger partial charge on any atom is -0.496 e. The summed E-state index contributed by atoms with van der Waals surface area (Å²) in [5.74, 6) is 0.919. The summed E-state index contributed by atoms with van der Waals surface area (Å²) in [6.45, 7) is 4.10. The zero-order valence-corrected chi connectivity index (χ0v) is 16.7. The fraction of sp³-hybridized carbons (Fsp3) is 0.240. The van der Waals surface area contributed by atoms with Gasteiger partial charge in [-0.1, -0.05) is 66.7 Å². The van der Waals surface area contributed by atoms with Crippen LogP contribution in [0, 0.1) is 13.8 Å². The molecule has 144 valence electrons. The van der Waals surface area contributed by atoms with Gasteiger partial charge in [-0.25, -0.2) is 0 Å². The van der Waals surface area contributed by atoms with E-state index in [0.29, 0.717) is 12.8 Å². The van der Waals surface area contributed by atoms with Crippen LogP contribution in [-0.4, -0.2) is 13.0 Å². The van der Waals surface area contributed by atoms with Gasteiger partial charge in [-0.2, -0.15) is 0 Å². The van der Waals surface area contributed by atoms with Crippen LogP contribution in [0.1, 0.15) is 40.3 Å². The SMILES string of the molecule is COc1ccc(CCC(=O)N[C@@H](c2ccccc2)c2ccccc2C)cc1C. The zero-order chi connectivity index (χ0) is 19.9. The second-order valence-electron chi connectivity index (χ2n) is 7.07. The minimum absolute atomic E-state index is 0.0468. The molecule has 0 fully saturated rings. The highest BCUT2D eigenvalue weighted by Gasteiger charge is 2.18. The van der Waals surface area contributed by atoms with E-state index in [-0.39, 0.29) is 11.9 Å². The number of hydrogen-bond donors (Lipinski definition) is 1. The van der Waals surface area contributed by atoms with Gasteiger partial charge in [0, 0.05) is 6.42 Å². The summed E-state index contributed by atoms with van der Waals surface area (Å²) < 4.78 is 5.31. The van der Waals surface area contributed by atoms with Crippen molar-refractivity contribution < 1.29 is 9.53 Å². The summed E-state index contributed by atoms with van der Waals surface area (Å²) in [5, 5.41) is 3.23. The molecule has 0 heterocycles. The lowest BCUT2D eigenvalue weighted by Crippen LogP contribution is -2.30. The fourth-order valence-electron chi connectivity index (χ4n) is 3.48. The van der Waals surface area contributed by atoms with Crippen molar-refractivity contribution in [3.8, 4) is 5.75 Å². The van der Waals surface area contributed by atoms with Crippen LogP contribution in [0.25, 0.3) is 0 Å². The van der Waals surface area contributed by atoms with Crippen LogP contribution >= 0.6 is 0 Å². The molecule has 1 N–H and O–H groups in total. The van der Waals surface area contributed by atoms with E-state index >= 15 is 0 Å². The van der Waals surface area contributed by atoms with Crippen LogP contribution in [0.3, 0.4) is 0 Å². The van der Waals surface area contributed by atoms with E-state index in [1.165, 1.54) is 5.56 Å². The maximum Gasteiger partial charge on any atom is 0.221 e. The summed E-state index contributed by atoms with van der Waals surface area (Å²) in [7, 11) is 1.67. The molecule has 0 aromatic heterocycles. The number of aryl methyl sites for hydroxylation is 3. The standard InChI is InChI=1S/C25H27NO2/c1-18-9-7-8-12-22(18)25(21-10-5-4-6-11-21)26-24(27)16-14-20-13-15-23(28-3)19(2)17-20/h4-13,15,17,25H,14,16H2,1-3H3,(H,26,27)/t25-/m0/s1. The lowest BCUT2D eigenvalue weighted by Gasteiger charge is -2.22. The van der Waals surface area contributed by atoms with Gasteiger partial charge in [0.15, 0.2) is 0 Å². The highest BCUT2D eigenvalue weighted by molar-refractivity contribution is 5.77. The third-order valence-electron chi connectivity index (χ3n) is 5.04. The number of nitrogens with one attached hydrogen (secondary N) is 1. The van der Waals surface area contributed by atoms with Crippen LogP contribution in [0.15, 0.2) is 72.8 Å². The van der Waals surface area contributed by atoms with Gasteiger partial charge in [-0.3, -0.25) is 4.79 Å². The summed E-state index contributed by atoms with van der Waals surface area (Å²) in [6, 6.07) is 24.3. The Morgan fingerprint density at radius 3 is 2.32 bits per heavy atom. The summed E-state index contributed by atoms with van der Waals surface area (Å²) in [6.07, 6.45) is 1.15. The molecule has 1 amide bonds. The molecule has 0 spiro atoms. The Kier molecular flexibility index (Phi) is 6.49. The van der Waals surface area contributed by atoms with Gasteiger partial charge in [-0.15, -0.1) is 0 Å². The van der Waals surface area contributed by atoms with Crippen LogP contribution in [0.5, 0.6) is 5.75 Å². The van der Waals surface area contributed by atoms with Gasteiger partial charge in [0.25, 0.3) is 0 Å². The summed E-state index contributed by atoms with van der Waals surface area (Å²) >= 11 is 0. The highest BCUT2D eigenvalue weighted by Crippen LogP contribution is 2.25. The Morgan fingerprint density at radius 1 is 0.929 bits per heavy atom. The van der Waals surface area contributed by atoms with Crippen molar-refractivity contribution in [1.29, 1.82) is 0 Å². The third-order valence-corrected chi connectivity index (χ3v) is 5.04. The Labute approximate surface area is 167 Å². The van der Waals surface area contributed by atoms with Crippen molar-refractivity contribution in [3.63, 3.8) is 0 Å². The topological polar surface area (TPSA) is 38.3 Å². The molecule has 3 aromatic carbocycles. The van der Waals surface area contributed by atoms with Gasteiger partial charge in [0.1, 0.15) is 5.75 Å². The number of carbonyl (C=O) groups is 1. The Balaban J connectivity index is 1.73. The molecule has 3 heteroatoms. The number of hydrogen-bond acceptors (Lipinski definition) is 2. The van der Waals surface area contributed by atoms with Crippen molar-refractivity contribution in [2.75, 3.05) is 7.11 Å². The molecule has 0 radical (unpaired) electrons. The molecular weight excluding hydrogens is 346 g/mol. The second-order valence-corrected chi connectivity index (χ2v) is 7.07. The van der Waals surface area contributed by atoms with E-state index in [1.54, 1.807) is 7.11 Å². The van der Waals surface area contributed by atoms with Crippen LogP contribution in [-0.2, 0) is 11.2 Å². The average molecular weight is 373 g/mol. The predicted molar refractivity (Wildman–Crippen MR) is 114 cm³/mol. The number of rotatable bonds is 7. The van der Waals surface area contributed by atoms with Gasteiger partial charge in [0.2, 0.25) is 5.91 Å². The molecular formula is C25H27NO2. The molecule has 3 nitrogen and oxygen atoms in total. The highest BCUT2D eigenvalue weighted by atomic mass is 16.5. The minimum atomic E-state index is -0.146. The quantitative estimate of drug-likeness (QED) is 0.622. The van der Waals surface area contributed by atoms with Crippen molar-refractivity contribution in [2.45, 2.75) is 32.7 Å². The van der Waals surface area contributed by atoms with E-state index in [2.05, 4.69) is 42.6 Å². The number of methoxy groups -OCH3 is 1. The number of amides is 1.